The molecule has 1 aromatic rings. The van der Waals surface area contributed by atoms with Crippen molar-refractivity contribution in [3.05, 3.63) is 35.9 Å². The molecule has 0 radical (unpaired) electrons. The summed E-state index contributed by atoms with van der Waals surface area (Å²) >= 11 is 1.39. The Bertz CT molecular complexity index is 440. The van der Waals surface area contributed by atoms with Gasteiger partial charge in [0, 0.05) is 18.6 Å². The number of carbonyl (C=O) groups excluding carboxylic acids is 1. The topological polar surface area (TPSA) is 84.9 Å². The monoisotopic (exact) mass is 313 g/mol. The molecule has 1 atom stereocenters. The largest absolute Gasteiger partial charge is 0.480 e. The molecule has 0 aromatic heterocycles. The summed E-state index contributed by atoms with van der Waals surface area (Å²) in [6.07, 6.45) is -0.737. The van der Waals surface area contributed by atoms with Gasteiger partial charge in [0.1, 0.15) is 12.6 Å². The summed E-state index contributed by atoms with van der Waals surface area (Å²) in [5.74, 6) is -0.156. The number of carbonyl (C=O) groups is 2. The van der Waals surface area contributed by atoms with Crippen LogP contribution in [0.15, 0.2) is 30.3 Å². The standard InChI is InChI=1S/C14H19NO5S/c1-19-7-8-21-10-12(13(16)17)15-14(18)20-9-11-5-3-2-4-6-11/h2-6,12H,7-10H2,1H3,(H,15,18)(H,16,17). The van der Waals surface area contributed by atoms with E-state index >= 15 is 0 Å². The van der Waals surface area contributed by atoms with Crippen molar-refractivity contribution in [2.45, 2.75) is 12.6 Å². The number of ether oxygens (including phenoxy) is 2. The maximum Gasteiger partial charge on any atom is 0.408 e. The van der Waals surface area contributed by atoms with Gasteiger partial charge in [-0.15, -0.1) is 0 Å². The summed E-state index contributed by atoms with van der Waals surface area (Å²) in [6.45, 7) is 0.644. The number of carboxylic acids is 1. The molecule has 1 amide bonds. The molecule has 6 nitrogen and oxygen atoms in total. The normalized spacial score (nSPS) is 11.7. The fraction of sp³-hybridized carbons (Fsp3) is 0.429. The highest BCUT2D eigenvalue weighted by molar-refractivity contribution is 7.99. The predicted octanol–water partition coefficient (Wildman–Crippen LogP) is 1.75. The molecule has 2 N–H and O–H groups in total. The zero-order chi connectivity index (χ0) is 15.5. The van der Waals surface area contributed by atoms with Crippen molar-refractivity contribution >= 4 is 23.8 Å². The first-order valence-electron chi connectivity index (χ1n) is 6.40. The number of amides is 1. The number of rotatable bonds is 9. The van der Waals surface area contributed by atoms with Gasteiger partial charge < -0.3 is 19.9 Å². The number of methoxy groups -OCH3 is 1. The summed E-state index contributed by atoms with van der Waals surface area (Å²) in [4.78, 5) is 22.6. The summed E-state index contributed by atoms with van der Waals surface area (Å²) in [5.41, 5.74) is 0.842. The Morgan fingerprint density at radius 3 is 2.67 bits per heavy atom. The third-order valence-electron chi connectivity index (χ3n) is 2.52. The molecular formula is C14H19NO5S. The summed E-state index contributed by atoms with van der Waals surface area (Å²) in [5, 5.41) is 11.4. The van der Waals surface area contributed by atoms with Crippen LogP contribution in [0.5, 0.6) is 0 Å². The lowest BCUT2D eigenvalue weighted by molar-refractivity contribution is -0.138. The van der Waals surface area contributed by atoms with Crippen LogP contribution in [0.2, 0.25) is 0 Å². The van der Waals surface area contributed by atoms with Crippen LogP contribution in [-0.4, -0.2) is 48.4 Å². The number of thioether (sulfide) groups is 1. The molecule has 0 saturated heterocycles. The van der Waals surface area contributed by atoms with Gasteiger partial charge in [-0.2, -0.15) is 11.8 Å². The van der Waals surface area contributed by atoms with Crippen molar-refractivity contribution in [1.82, 2.24) is 5.32 Å². The van der Waals surface area contributed by atoms with Crippen LogP contribution in [0, 0.1) is 0 Å². The van der Waals surface area contributed by atoms with Crippen LogP contribution < -0.4 is 5.32 Å². The lowest BCUT2D eigenvalue weighted by Crippen LogP contribution is -2.42. The maximum absolute atomic E-state index is 11.6. The molecule has 0 spiro atoms. The van der Waals surface area contributed by atoms with Gasteiger partial charge in [0.25, 0.3) is 0 Å². The maximum atomic E-state index is 11.6. The van der Waals surface area contributed by atoms with Gasteiger partial charge in [-0.05, 0) is 5.56 Å². The Hall–Kier alpha value is -1.73. The molecule has 0 aliphatic heterocycles. The van der Waals surface area contributed by atoms with Crippen LogP contribution in [0.25, 0.3) is 0 Å². The first-order chi connectivity index (χ1) is 10.1. The third-order valence-corrected chi connectivity index (χ3v) is 3.54. The molecule has 7 heteroatoms. The molecule has 21 heavy (non-hydrogen) atoms. The van der Waals surface area contributed by atoms with Gasteiger partial charge in [-0.25, -0.2) is 9.59 Å². The average Bonchev–Trinajstić information content (AvgIpc) is 2.49. The van der Waals surface area contributed by atoms with Crippen molar-refractivity contribution in [3.63, 3.8) is 0 Å². The van der Waals surface area contributed by atoms with Gasteiger partial charge in [-0.3, -0.25) is 0 Å². The minimum atomic E-state index is -1.09. The number of alkyl carbamates (subject to hydrolysis) is 1. The number of hydrogen-bond donors (Lipinski definition) is 2. The predicted molar refractivity (Wildman–Crippen MR) is 80.4 cm³/mol. The molecule has 1 aromatic carbocycles. The molecule has 116 valence electrons. The fourth-order valence-corrected chi connectivity index (χ4v) is 2.34. The molecular weight excluding hydrogens is 294 g/mol. The quantitative estimate of drug-likeness (QED) is 0.676. The van der Waals surface area contributed by atoms with Crippen LogP contribution in [0.1, 0.15) is 5.56 Å². The molecule has 0 fully saturated rings. The number of carboxylic acid groups (broad SMARTS) is 1. The first-order valence-corrected chi connectivity index (χ1v) is 7.55. The van der Waals surface area contributed by atoms with E-state index in [-0.39, 0.29) is 12.4 Å². The second-order valence-corrected chi connectivity index (χ2v) is 5.31. The highest BCUT2D eigenvalue weighted by Gasteiger charge is 2.20. The fourth-order valence-electron chi connectivity index (χ4n) is 1.43. The third kappa shape index (κ3) is 7.57. The van der Waals surface area contributed by atoms with Gasteiger partial charge in [0.2, 0.25) is 0 Å². The number of hydrogen-bond acceptors (Lipinski definition) is 5. The molecule has 0 aliphatic carbocycles. The zero-order valence-electron chi connectivity index (χ0n) is 11.8. The summed E-state index contributed by atoms with van der Waals surface area (Å²) in [7, 11) is 1.58. The molecule has 0 heterocycles. The second kappa shape index (κ2) is 10.1. The van der Waals surface area contributed by atoms with E-state index in [1.807, 2.05) is 30.3 Å². The van der Waals surface area contributed by atoms with Crippen molar-refractivity contribution in [3.8, 4) is 0 Å². The van der Waals surface area contributed by atoms with Crippen LogP contribution in [0.4, 0.5) is 4.79 Å². The lowest BCUT2D eigenvalue weighted by Gasteiger charge is -2.14. The first kappa shape index (κ1) is 17.3. The summed E-state index contributed by atoms with van der Waals surface area (Å²) < 4.78 is 9.86. The van der Waals surface area contributed by atoms with E-state index in [2.05, 4.69) is 5.32 Å². The van der Waals surface area contributed by atoms with Crippen LogP contribution in [-0.2, 0) is 20.9 Å². The Kier molecular flexibility index (Phi) is 8.30. The van der Waals surface area contributed by atoms with Crippen molar-refractivity contribution in [2.75, 3.05) is 25.2 Å². The number of aliphatic carboxylic acids is 1. The van der Waals surface area contributed by atoms with Crippen molar-refractivity contribution in [1.29, 1.82) is 0 Å². The van der Waals surface area contributed by atoms with Crippen LogP contribution in [0.3, 0.4) is 0 Å². The number of benzene rings is 1. The van der Waals surface area contributed by atoms with Crippen molar-refractivity contribution < 1.29 is 24.2 Å². The average molecular weight is 313 g/mol. The highest BCUT2D eigenvalue weighted by Crippen LogP contribution is 2.05. The Balaban J connectivity index is 2.33. The van der Waals surface area contributed by atoms with E-state index in [0.29, 0.717) is 12.4 Å². The van der Waals surface area contributed by atoms with Gasteiger partial charge in [-0.1, -0.05) is 30.3 Å². The van der Waals surface area contributed by atoms with Crippen LogP contribution >= 0.6 is 11.8 Å². The molecule has 1 unspecified atom stereocenters. The zero-order valence-corrected chi connectivity index (χ0v) is 12.6. The van der Waals surface area contributed by atoms with Gasteiger partial charge >= 0.3 is 12.1 Å². The molecule has 0 bridgehead atoms. The Morgan fingerprint density at radius 1 is 1.33 bits per heavy atom. The molecule has 0 aliphatic rings. The SMILES string of the molecule is COCCSCC(NC(=O)OCc1ccccc1)C(=O)O. The van der Waals surface area contributed by atoms with Gasteiger partial charge in [0.05, 0.1) is 6.61 Å². The van der Waals surface area contributed by atoms with Crippen molar-refractivity contribution in [2.24, 2.45) is 0 Å². The number of nitrogens with one attached hydrogen (secondary N) is 1. The van der Waals surface area contributed by atoms with Gasteiger partial charge in [0.15, 0.2) is 0 Å². The molecule has 0 saturated carbocycles. The van der Waals surface area contributed by atoms with E-state index in [9.17, 15) is 9.59 Å². The minimum Gasteiger partial charge on any atom is -0.480 e. The smallest absolute Gasteiger partial charge is 0.408 e. The van der Waals surface area contributed by atoms with E-state index in [1.54, 1.807) is 7.11 Å². The Labute approximate surface area is 127 Å². The highest BCUT2D eigenvalue weighted by atomic mass is 32.2. The van der Waals surface area contributed by atoms with E-state index in [0.717, 1.165) is 5.56 Å². The Morgan fingerprint density at radius 2 is 2.05 bits per heavy atom. The van der Waals surface area contributed by atoms with E-state index < -0.39 is 18.1 Å². The molecule has 1 rings (SSSR count). The van der Waals surface area contributed by atoms with E-state index in [4.69, 9.17) is 14.6 Å². The second-order valence-electron chi connectivity index (χ2n) is 4.16. The minimum absolute atomic E-state index is 0.107. The lowest BCUT2D eigenvalue weighted by atomic mass is 10.2. The van der Waals surface area contributed by atoms with E-state index in [1.165, 1.54) is 11.8 Å². The summed E-state index contributed by atoms with van der Waals surface area (Å²) in [6, 6.07) is 8.20.